The predicted octanol–water partition coefficient (Wildman–Crippen LogP) is 3.27. The lowest BCUT2D eigenvalue weighted by Crippen LogP contribution is -2.01. The molecule has 1 aromatic carbocycles. The van der Waals surface area contributed by atoms with Crippen molar-refractivity contribution in [1.82, 2.24) is 4.98 Å². The molecule has 1 aromatic heterocycles. The molecule has 18 heavy (non-hydrogen) atoms. The third kappa shape index (κ3) is 1.92. The van der Waals surface area contributed by atoms with E-state index in [1.54, 1.807) is 0 Å². The summed E-state index contributed by atoms with van der Waals surface area (Å²) in [5, 5.41) is 0.763. The van der Waals surface area contributed by atoms with Crippen LogP contribution in [0, 0.1) is 0 Å². The quantitative estimate of drug-likeness (QED) is 0.898. The Morgan fingerprint density at radius 3 is 3.00 bits per heavy atom. The van der Waals surface area contributed by atoms with E-state index in [0.29, 0.717) is 12.5 Å². The van der Waals surface area contributed by atoms with Crippen LogP contribution in [0.3, 0.4) is 0 Å². The number of benzene rings is 1. The molecule has 1 heterocycles. The van der Waals surface area contributed by atoms with Gasteiger partial charge in [-0.25, -0.2) is 0 Å². The fourth-order valence-corrected chi connectivity index (χ4v) is 2.95. The monoisotopic (exact) mass is 258 g/mol. The highest BCUT2D eigenvalue weighted by molar-refractivity contribution is 6.31. The van der Waals surface area contributed by atoms with Crippen molar-refractivity contribution in [3.8, 4) is 0 Å². The van der Waals surface area contributed by atoms with Crippen molar-refractivity contribution < 1.29 is 0 Å². The average Bonchev–Trinajstić information content (AvgIpc) is 2.82. The highest BCUT2D eigenvalue weighted by Crippen LogP contribution is 2.37. The lowest BCUT2D eigenvalue weighted by molar-refractivity contribution is 0.771. The zero-order chi connectivity index (χ0) is 12.5. The number of hydrogen-bond donors (Lipinski definition) is 1. The largest absolute Gasteiger partial charge is 0.326 e. The van der Waals surface area contributed by atoms with Gasteiger partial charge in [0.05, 0.1) is 5.69 Å². The van der Waals surface area contributed by atoms with Crippen molar-refractivity contribution in [2.75, 3.05) is 0 Å². The van der Waals surface area contributed by atoms with Crippen molar-refractivity contribution in [2.45, 2.75) is 25.3 Å². The van der Waals surface area contributed by atoms with Gasteiger partial charge in [0, 0.05) is 23.7 Å². The molecule has 92 valence electrons. The Morgan fingerprint density at radius 1 is 1.33 bits per heavy atom. The van der Waals surface area contributed by atoms with Gasteiger partial charge in [0.1, 0.15) is 0 Å². The summed E-state index contributed by atoms with van der Waals surface area (Å²) >= 11 is 6.23. The number of hydrogen-bond acceptors (Lipinski definition) is 2. The highest BCUT2D eigenvalue weighted by atomic mass is 35.5. The van der Waals surface area contributed by atoms with E-state index >= 15 is 0 Å². The Kier molecular flexibility index (Phi) is 3.06. The first-order valence-corrected chi connectivity index (χ1v) is 6.59. The van der Waals surface area contributed by atoms with Gasteiger partial charge in [0.2, 0.25) is 0 Å². The minimum atomic E-state index is 0.380. The molecule has 0 spiro atoms. The van der Waals surface area contributed by atoms with Crippen LogP contribution in [0.15, 0.2) is 36.5 Å². The summed E-state index contributed by atoms with van der Waals surface area (Å²) in [7, 11) is 0. The van der Waals surface area contributed by atoms with Gasteiger partial charge in [0.15, 0.2) is 0 Å². The van der Waals surface area contributed by atoms with Gasteiger partial charge in [-0.2, -0.15) is 0 Å². The molecule has 0 radical (unpaired) electrons. The van der Waals surface area contributed by atoms with Gasteiger partial charge in [-0.3, -0.25) is 4.98 Å². The maximum Gasteiger partial charge on any atom is 0.0510 e. The van der Waals surface area contributed by atoms with Crippen molar-refractivity contribution in [2.24, 2.45) is 5.73 Å². The number of fused-ring (bicyclic) bond motifs is 1. The van der Waals surface area contributed by atoms with Crippen molar-refractivity contribution >= 4 is 11.6 Å². The molecule has 1 aliphatic rings. The van der Waals surface area contributed by atoms with E-state index < -0.39 is 0 Å². The summed E-state index contributed by atoms with van der Waals surface area (Å²) in [6.45, 7) is 0.485. The zero-order valence-electron chi connectivity index (χ0n) is 10.1. The number of nitrogens with zero attached hydrogens (tertiary/aromatic N) is 1. The minimum absolute atomic E-state index is 0.380. The Morgan fingerprint density at radius 2 is 2.22 bits per heavy atom. The third-order valence-corrected chi connectivity index (χ3v) is 4.01. The minimum Gasteiger partial charge on any atom is -0.326 e. The molecule has 3 rings (SSSR count). The van der Waals surface area contributed by atoms with Crippen LogP contribution in [-0.2, 0) is 13.0 Å². The van der Waals surface area contributed by atoms with Crippen LogP contribution in [0.5, 0.6) is 0 Å². The molecule has 0 bridgehead atoms. The molecule has 0 amide bonds. The van der Waals surface area contributed by atoms with Gasteiger partial charge in [-0.05, 0) is 41.7 Å². The van der Waals surface area contributed by atoms with Gasteiger partial charge in [0.25, 0.3) is 0 Å². The Labute approximate surface area is 112 Å². The smallest absolute Gasteiger partial charge is 0.0510 e. The molecule has 0 saturated carbocycles. The summed E-state index contributed by atoms with van der Waals surface area (Å²) in [5.41, 5.74) is 10.4. The molecule has 1 unspecified atom stereocenters. The van der Waals surface area contributed by atoms with E-state index in [4.69, 9.17) is 17.3 Å². The zero-order valence-corrected chi connectivity index (χ0v) is 10.8. The predicted molar refractivity (Wildman–Crippen MR) is 73.7 cm³/mol. The molecule has 0 aliphatic heterocycles. The van der Waals surface area contributed by atoms with E-state index in [0.717, 1.165) is 23.4 Å². The molecule has 2 N–H and O–H groups in total. The molecule has 2 nitrogen and oxygen atoms in total. The van der Waals surface area contributed by atoms with E-state index in [-0.39, 0.29) is 0 Å². The maximum absolute atomic E-state index is 6.23. The van der Waals surface area contributed by atoms with Crippen LogP contribution in [0.25, 0.3) is 0 Å². The maximum atomic E-state index is 6.23. The fraction of sp³-hybridized carbons (Fsp3) is 0.267. The van der Waals surface area contributed by atoms with Crippen LogP contribution in [-0.4, -0.2) is 4.98 Å². The van der Waals surface area contributed by atoms with Gasteiger partial charge < -0.3 is 5.73 Å². The molecule has 2 aromatic rings. The molecule has 0 saturated heterocycles. The standard InChI is InChI=1S/C15H15ClN2/c16-14-8-11(3-4-12(14)9-17)13-6-5-10-2-1-7-18-15(10)13/h1-4,7-8,13H,5-6,9,17H2. The van der Waals surface area contributed by atoms with E-state index in [2.05, 4.69) is 17.1 Å². The van der Waals surface area contributed by atoms with E-state index in [1.807, 2.05) is 24.4 Å². The lowest BCUT2D eigenvalue weighted by atomic mass is 9.95. The van der Waals surface area contributed by atoms with Crippen LogP contribution in [0.2, 0.25) is 5.02 Å². The van der Waals surface area contributed by atoms with Crippen LogP contribution < -0.4 is 5.73 Å². The Hall–Kier alpha value is -1.38. The number of halogens is 1. The summed E-state index contributed by atoms with van der Waals surface area (Å²) in [6, 6.07) is 10.4. The van der Waals surface area contributed by atoms with E-state index in [9.17, 15) is 0 Å². The highest BCUT2D eigenvalue weighted by Gasteiger charge is 2.25. The molecular formula is C15H15ClN2. The molecule has 1 atom stereocenters. The summed E-state index contributed by atoms with van der Waals surface area (Å²) in [5.74, 6) is 0.380. The lowest BCUT2D eigenvalue weighted by Gasteiger charge is -2.12. The number of aryl methyl sites for hydroxylation is 1. The Balaban J connectivity index is 2.00. The second kappa shape index (κ2) is 4.71. The summed E-state index contributed by atoms with van der Waals surface area (Å²) in [4.78, 5) is 4.52. The molecule has 1 aliphatic carbocycles. The first-order valence-electron chi connectivity index (χ1n) is 6.22. The average molecular weight is 259 g/mol. The summed E-state index contributed by atoms with van der Waals surface area (Å²) < 4.78 is 0. The van der Waals surface area contributed by atoms with Gasteiger partial charge in [-0.15, -0.1) is 0 Å². The number of aromatic nitrogens is 1. The SMILES string of the molecule is NCc1ccc(C2CCc3cccnc32)cc1Cl. The van der Waals surface area contributed by atoms with Gasteiger partial charge >= 0.3 is 0 Å². The first-order chi connectivity index (χ1) is 8.79. The third-order valence-electron chi connectivity index (χ3n) is 3.66. The molecular weight excluding hydrogens is 244 g/mol. The second-order valence-electron chi connectivity index (χ2n) is 4.69. The van der Waals surface area contributed by atoms with Crippen LogP contribution in [0.1, 0.15) is 34.7 Å². The number of pyridine rings is 1. The van der Waals surface area contributed by atoms with E-state index in [1.165, 1.54) is 16.8 Å². The van der Waals surface area contributed by atoms with Gasteiger partial charge in [-0.1, -0.05) is 29.8 Å². The first kappa shape index (κ1) is 11.7. The summed E-state index contributed by atoms with van der Waals surface area (Å²) in [6.07, 6.45) is 4.09. The molecule has 0 fully saturated rings. The van der Waals surface area contributed by atoms with Crippen LogP contribution >= 0.6 is 11.6 Å². The fourth-order valence-electron chi connectivity index (χ4n) is 2.68. The normalized spacial score (nSPS) is 17.8. The van der Waals surface area contributed by atoms with Crippen molar-refractivity contribution in [3.05, 3.63) is 63.9 Å². The molecule has 3 heteroatoms. The second-order valence-corrected chi connectivity index (χ2v) is 5.10. The van der Waals surface area contributed by atoms with Crippen molar-refractivity contribution in [3.63, 3.8) is 0 Å². The topological polar surface area (TPSA) is 38.9 Å². The Bertz CT molecular complexity index is 580. The van der Waals surface area contributed by atoms with Crippen LogP contribution in [0.4, 0.5) is 0 Å². The van der Waals surface area contributed by atoms with Crippen molar-refractivity contribution in [1.29, 1.82) is 0 Å². The number of rotatable bonds is 2. The number of nitrogens with two attached hydrogens (primary N) is 1.